The molecule has 5 heteroatoms. The number of aliphatic imine (C=N–C) groups is 1. The van der Waals surface area contributed by atoms with Gasteiger partial charge in [0.25, 0.3) is 0 Å². The molecular weight excluding hydrogens is 399 g/mol. The summed E-state index contributed by atoms with van der Waals surface area (Å²) in [4.78, 5) is 10.2. The molecule has 23 heavy (non-hydrogen) atoms. The van der Waals surface area contributed by atoms with E-state index in [1.165, 1.54) is 34.9 Å². The lowest BCUT2D eigenvalue weighted by molar-refractivity contribution is 0.270. The SMILES string of the molecule is Cc1cccc2c(CCN=C(N)N3CCCC(C)C3)c[nH]c12.I. The number of para-hydroxylation sites is 1. The third-order valence-corrected chi connectivity index (χ3v) is 4.65. The maximum Gasteiger partial charge on any atom is 0.191 e. The Labute approximate surface area is 155 Å². The predicted molar refractivity (Wildman–Crippen MR) is 109 cm³/mol. The smallest absolute Gasteiger partial charge is 0.191 e. The van der Waals surface area contributed by atoms with Gasteiger partial charge in [-0.2, -0.15) is 0 Å². The number of fused-ring (bicyclic) bond motifs is 1. The van der Waals surface area contributed by atoms with Crippen molar-refractivity contribution in [3.63, 3.8) is 0 Å². The molecule has 4 nitrogen and oxygen atoms in total. The summed E-state index contributed by atoms with van der Waals surface area (Å²) in [5.41, 5.74) is 10.00. The number of likely N-dealkylation sites (tertiary alicyclic amines) is 1. The van der Waals surface area contributed by atoms with Gasteiger partial charge in [0.2, 0.25) is 0 Å². The first-order chi connectivity index (χ1) is 10.6. The molecule has 0 spiro atoms. The first-order valence-corrected chi connectivity index (χ1v) is 8.25. The maximum absolute atomic E-state index is 6.15. The molecule has 1 fully saturated rings. The van der Waals surface area contributed by atoms with E-state index in [4.69, 9.17) is 5.73 Å². The van der Waals surface area contributed by atoms with Crippen LogP contribution >= 0.6 is 24.0 Å². The topological polar surface area (TPSA) is 57.4 Å². The number of nitrogens with one attached hydrogen (secondary N) is 1. The Morgan fingerprint density at radius 3 is 3.04 bits per heavy atom. The Morgan fingerprint density at radius 2 is 2.26 bits per heavy atom. The van der Waals surface area contributed by atoms with E-state index < -0.39 is 0 Å². The van der Waals surface area contributed by atoms with Crippen molar-refractivity contribution < 1.29 is 0 Å². The molecule has 3 N–H and O–H groups in total. The van der Waals surface area contributed by atoms with E-state index in [9.17, 15) is 0 Å². The molecule has 1 aliphatic heterocycles. The fourth-order valence-corrected chi connectivity index (χ4v) is 3.36. The quantitative estimate of drug-likeness (QED) is 0.447. The van der Waals surface area contributed by atoms with E-state index in [2.05, 4.69) is 53.1 Å². The highest BCUT2D eigenvalue weighted by atomic mass is 127. The normalized spacial score (nSPS) is 19.0. The largest absolute Gasteiger partial charge is 0.370 e. The van der Waals surface area contributed by atoms with Crippen LogP contribution in [-0.2, 0) is 6.42 Å². The lowest BCUT2D eigenvalue weighted by Gasteiger charge is -2.31. The van der Waals surface area contributed by atoms with Gasteiger partial charge in [-0.1, -0.05) is 25.1 Å². The summed E-state index contributed by atoms with van der Waals surface area (Å²) in [6.07, 6.45) is 5.55. The van der Waals surface area contributed by atoms with Gasteiger partial charge in [-0.25, -0.2) is 0 Å². The highest BCUT2D eigenvalue weighted by Gasteiger charge is 2.17. The molecule has 2 aromatic rings. The second kappa shape index (κ2) is 8.04. The molecule has 0 saturated carbocycles. The molecule has 0 bridgehead atoms. The number of hydrogen-bond acceptors (Lipinski definition) is 1. The summed E-state index contributed by atoms with van der Waals surface area (Å²) in [6, 6.07) is 6.42. The molecule has 0 aliphatic carbocycles. The fraction of sp³-hybridized carbons (Fsp3) is 0.500. The molecule has 1 aromatic carbocycles. The van der Waals surface area contributed by atoms with Gasteiger partial charge in [-0.15, -0.1) is 24.0 Å². The monoisotopic (exact) mass is 426 g/mol. The van der Waals surface area contributed by atoms with Gasteiger partial charge >= 0.3 is 0 Å². The van der Waals surface area contributed by atoms with Gasteiger partial charge in [0.05, 0.1) is 0 Å². The van der Waals surface area contributed by atoms with Crippen LogP contribution in [0.25, 0.3) is 10.9 Å². The number of nitrogens with zero attached hydrogens (tertiary/aromatic N) is 2. The number of benzene rings is 1. The molecular formula is C18H27IN4. The minimum absolute atomic E-state index is 0. The van der Waals surface area contributed by atoms with Crippen LogP contribution in [-0.4, -0.2) is 35.5 Å². The van der Waals surface area contributed by atoms with E-state index in [0.717, 1.165) is 32.0 Å². The minimum atomic E-state index is 0. The number of guanidine groups is 1. The zero-order valence-corrected chi connectivity index (χ0v) is 16.3. The second-order valence-electron chi connectivity index (χ2n) is 6.49. The highest BCUT2D eigenvalue weighted by molar-refractivity contribution is 14.0. The number of nitrogens with two attached hydrogens (primary N) is 1. The van der Waals surface area contributed by atoms with Gasteiger partial charge in [0.15, 0.2) is 5.96 Å². The number of H-pyrrole nitrogens is 1. The van der Waals surface area contributed by atoms with Crippen molar-refractivity contribution in [3.05, 3.63) is 35.5 Å². The molecule has 1 atom stereocenters. The van der Waals surface area contributed by atoms with E-state index >= 15 is 0 Å². The number of rotatable bonds is 3. The standard InChI is InChI=1S/C18H26N4.HI/c1-13-5-4-10-22(12-13)18(19)20-9-8-15-11-21-17-14(2)6-3-7-16(15)17;/h3,6-7,11,13,21H,4-5,8-10,12H2,1-2H3,(H2,19,20);1H. The highest BCUT2D eigenvalue weighted by Crippen LogP contribution is 2.21. The average molecular weight is 426 g/mol. The molecule has 126 valence electrons. The van der Waals surface area contributed by atoms with Crippen LogP contribution in [0.15, 0.2) is 29.4 Å². The van der Waals surface area contributed by atoms with Crippen molar-refractivity contribution in [1.29, 1.82) is 0 Å². The molecule has 0 amide bonds. The van der Waals surface area contributed by atoms with Gasteiger partial charge < -0.3 is 15.6 Å². The van der Waals surface area contributed by atoms with Crippen LogP contribution < -0.4 is 5.73 Å². The van der Waals surface area contributed by atoms with Crippen molar-refractivity contribution >= 4 is 40.8 Å². The average Bonchev–Trinajstić information content (AvgIpc) is 2.92. The van der Waals surface area contributed by atoms with Crippen LogP contribution in [0.4, 0.5) is 0 Å². The Balaban J connectivity index is 0.00000192. The fourth-order valence-electron chi connectivity index (χ4n) is 3.36. The van der Waals surface area contributed by atoms with Crippen LogP contribution in [0, 0.1) is 12.8 Å². The number of hydrogen-bond donors (Lipinski definition) is 2. The summed E-state index contributed by atoms with van der Waals surface area (Å²) < 4.78 is 0. The van der Waals surface area contributed by atoms with Crippen molar-refractivity contribution in [2.75, 3.05) is 19.6 Å². The van der Waals surface area contributed by atoms with Gasteiger partial charge in [0, 0.05) is 36.7 Å². The Hall–Kier alpha value is -1.24. The first kappa shape index (κ1) is 18.1. The molecule has 0 radical (unpaired) electrons. The van der Waals surface area contributed by atoms with Crippen LogP contribution in [0.3, 0.4) is 0 Å². The maximum atomic E-state index is 6.15. The summed E-state index contributed by atoms with van der Waals surface area (Å²) >= 11 is 0. The van der Waals surface area contributed by atoms with Crippen LogP contribution in [0.1, 0.15) is 30.9 Å². The van der Waals surface area contributed by atoms with Gasteiger partial charge in [-0.05, 0) is 43.2 Å². The van der Waals surface area contributed by atoms with Crippen LogP contribution in [0.2, 0.25) is 0 Å². The van der Waals surface area contributed by atoms with E-state index in [1.807, 2.05) is 0 Å². The summed E-state index contributed by atoms with van der Waals surface area (Å²) in [5.74, 6) is 1.43. The molecule has 1 saturated heterocycles. The third kappa shape index (κ3) is 4.19. The van der Waals surface area contributed by atoms with Gasteiger partial charge in [-0.3, -0.25) is 4.99 Å². The second-order valence-corrected chi connectivity index (χ2v) is 6.49. The molecule has 1 aromatic heterocycles. The van der Waals surface area contributed by atoms with Crippen molar-refractivity contribution in [2.45, 2.75) is 33.1 Å². The van der Waals surface area contributed by atoms with Crippen molar-refractivity contribution in [1.82, 2.24) is 9.88 Å². The third-order valence-electron chi connectivity index (χ3n) is 4.65. The predicted octanol–water partition coefficient (Wildman–Crippen LogP) is 3.68. The first-order valence-electron chi connectivity index (χ1n) is 8.25. The zero-order chi connectivity index (χ0) is 15.5. The molecule has 3 rings (SSSR count). The van der Waals surface area contributed by atoms with Gasteiger partial charge in [0.1, 0.15) is 0 Å². The summed E-state index contributed by atoms with van der Waals surface area (Å²) in [7, 11) is 0. The Morgan fingerprint density at radius 1 is 1.43 bits per heavy atom. The lowest BCUT2D eigenvalue weighted by Crippen LogP contribution is -2.43. The van der Waals surface area contributed by atoms with Crippen molar-refractivity contribution in [3.8, 4) is 0 Å². The summed E-state index contributed by atoms with van der Waals surface area (Å²) in [6.45, 7) is 7.26. The van der Waals surface area contributed by atoms with E-state index in [1.54, 1.807) is 0 Å². The van der Waals surface area contributed by atoms with E-state index in [-0.39, 0.29) is 24.0 Å². The number of halogens is 1. The zero-order valence-electron chi connectivity index (χ0n) is 14.0. The van der Waals surface area contributed by atoms with E-state index in [0.29, 0.717) is 5.96 Å². The number of aryl methyl sites for hydroxylation is 1. The Kier molecular flexibility index (Phi) is 6.33. The number of piperidine rings is 1. The molecule has 1 unspecified atom stereocenters. The lowest BCUT2D eigenvalue weighted by atomic mass is 10.0. The van der Waals surface area contributed by atoms with Crippen LogP contribution in [0.5, 0.6) is 0 Å². The van der Waals surface area contributed by atoms with Crippen molar-refractivity contribution in [2.24, 2.45) is 16.6 Å². The molecule has 2 heterocycles. The minimum Gasteiger partial charge on any atom is -0.370 e. The Bertz CT molecular complexity index is 677. The summed E-state index contributed by atoms with van der Waals surface area (Å²) in [5, 5.41) is 1.31. The molecule has 1 aliphatic rings. The number of aromatic nitrogens is 1. The number of aromatic amines is 1.